The molecule has 0 saturated carbocycles. The van der Waals surface area contributed by atoms with Crippen LogP contribution in [0.5, 0.6) is 0 Å². The maximum Gasteiger partial charge on any atom is 0.0793 e. The maximum absolute atomic E-state index is 4.79. The number of benzene rings is 11. The summed E-state index contributed by atoms with van der Waals surface area (Å²) in [6, 6.07) is 52.9. The van der Waals surface area contributed by atoms with Crippen LogP contribution in [-0.4, -0.2) is 9.97 Å². The van der Waals surface area contributed by atoms with Crippen molar-refractivity contribution in [2.24, 2.45) is 0 Å². The van der Waals surface area contributed by atoms with Crippen molar-refractivity contribution < 1.29 is 0 Å². The highest BCUT2D eigenvalue weighted by Crippen LogP contribution is 2.45. The lowest BCUT2D eigenvalue weighted by Gasteiger charge is -2.17. The van der Waals surface area contributed by atoms with Gasteiger partial charge in [0.2, 0.25) is 0 Å². The molecule has 0 unspecified atom stereocenters. The van der Waals surface area contributed by atoms with Gasteiger partial charge in [0.1, 0.15) is 0 Å². The molecule has 2 nitrogen and oxygen atoms in total. The summed E-state index contributed by atoms with van der Waals surface area (Å²) in [5, 5.41) is 26.1. The lowest BCUT2D eigenvalue weighted by atomic mass is 9.86. The Balaban J connectivity index is 0.000000115. The van der Waals surface area contributed by atoms with Crippen molar-refractivity contribution in [2.75, 3.05) is 0 Å². The van der Waals surface area contributed by atoms with E-state index in [-0.39, 0.29) is 0 Å². The molecule has 2 aromatic heterocycles. The van der Waals surface area contributed by atoms with Crippen LogP contribution in [0.2, 0.25) is 0 Å². The average Bonchev–Trinajstić information content (AvgIpc) is 3.18. The third kappa shape index (κ3) is 3.32. The van der Waals surface area contributed by atoms with Gasteiger partial charge in [0.05, 0.1) is 11.0 Å². The van der Waals surface area contributed by atoms with Crippen molar-refractivity contribution in [3.05, 3.63) is 158 Å². The van der Waals surface area contributed by atoms with Gasteiger partial charge in [-0.3, -0.25) is 9.97 Å². The molecule has 0 aliphatic heterocycles. The minimum Gasteiger partial charge on any atom is -0.256 e. The predicted octanol–water partition coefficient (Wildman–Crippen LogP) is 13.2. The molecule has 2 heteroatoms. The van der Waals surface area contributed by atoms with E-state index in [1.807, 2.05) is 12.4 Å². The van der Waals surface area contributed by atoms with Gasteiger partial charge in [-0.2, -0.15) is 0 Å². The molecular weight excluding hydrogens is 605 g/mol. The zero-order chi connectivity index (χ0) is 32.5. The lowest BCUT2D eigenvalue weighted by Crippen LogP contribution is -1.91. The zero-order valence-electron chi connectivity index (χ0n) is 26.9. The van der Waals surface area contributed by atoms with Crippen LogP contribution in [0, 0.1) is 0 Å². The minimum atomic E-state index is 1.11. The summed E-state index contributed by atoms with van der Waals surface area (Å²) < 4.78 is 0. The number of hydrogen-bond acceptors (Lipinski definition) is 2. The van der Waals surface area contributed by atoms with Gasteiger partial charge in [-0.1, -0.05) is 121 Å². The van der Waals surface area contributed by atoms with E-state index in [1.54, 1.807) is 0 Å². The van der Waals surface area contributed by atoms with E-state index in [9.17, 15) is 0 Å². The largest absolute Gasteiger partial charge is 0.256 e. The Morgan fingerprint density at radius 1 is 0.240 bits per heavy atom. The molecular formula is C48H26N2. The van der Waals surface area contributed by atoms with Crippen molar-refractivity contribution in [1.29, 1.82) is 0 Å². The van der Waals surface area contributed by atoms with Crippen LogP contribution in [0.3, 0.4) is 0 Å². The van der Waals surface area contributed by atoms with Crippen LogP contribution in [0.15, 0.2) is 158 Å². The molecule has 0 atom stereocenters. The Morgan fingerprint density at radius 3 is 1.58 bits per heavy atom. The Morgan fingerprint density at radius 2 is 0.740 bits per heavy atom. The fourth-order valence-corrected chi connectivity index (χ4v) is 9.15. The van der Waals surface area contributed by atoms with Crippen LogP contribution in [0.1, 0.15) is 0 Å². The number of fused-ring (bicyclic) bond motifs is 6. The first-order chi connectivity index (χ1) is 24.8. The third-order valence-corrected chi connectivity index (χ3v) is 11.2. The van der Waals surface area contributed by atoms with E-state index in [0.717, 1.165) is 11.0 Å². The number of pyridine rings is 2. The lowest BCUT2D eigenvalue weighted by molar-refractivity contribution is 1.44. The van der Waals surface area contributed by atoms with Gasteiger partial charge in [0.25, 0.3) is 0 Å². The quantitative estimate of drug-likeness (QED) is 0.123. The van der Waals surface area contributed by atoms with E-state index in [2.05, 4.69) is 146 Å². The molecule has 0 spiro atoms. The molecule has 13 aromatic rings. The summed E-state index contributed by atoms with van der Waals surface area (Å²) in [5.74, 6) is 0. The molecule has 0 saturated heterocycles. The Hall–Kier alpha value is -6.64. The molecule has 2 heterocycles. The standard InChI is InChI=1S/C25H13N.C23H13N/c1-3-14-7-8-16-9-10-19-24-20(13-17(5-1)21(14)23(16)24)18-6-2-4-15-11-12-26-25(19)22(15)18;1-2-8-16-15(5-1)13-20-17-9-3-6-14-7-4-10-19(21(14)17)23-22(20)18(16)11-12-24-23/h1-13H;1-13H. The van der Waals surface area contributed by atoms with Crippen LogP contribution in [-0.2, 0) is 0 Å². The maximum atomic E-state index is 4.79. The number of hydrogen-bond donors (Lipinski definition) is 0. The van der Waals surface area contributed by atoms with Gasteiger partial charge in [0, 0.05) is 39.3 Å². The molecule has 0 N–H and O–H groups in total. The summed E-state index contributed by atoms with van der Waals surface area (Å²) >= 11 is 0. The van der Waals surface area contributed by atoms with E-state index < -0.39 is 0 Å². The van der Waals surface area contributed by atoms with Crippen molar-refractivity contribution in [3.8, 4) is 0 Å². The predicted molar refractivity (Wildman–Crippen MR) is 215 cm³/mol. The molecule has 0 fully saturated rings. The fourth-order valence-electron chi connectivity index (χ4n) is 9.15. The molecule has 0 radical (unpaired) electrons. The molecule has 228 valence electrons. The SMILES string of the molecule is c1cc2ccc3ccc4c5nccc6cccc(c7cc(c1)c2c3c74)c65.c1ccc2c(c1)cc1c3cccc4cccc(c5nccc2c15)c43. The smallest absolute Gasteiger partial charge is 0.0793 e. The number of nitrogens with zero attached hydrogens (tertiary/aromatic N) is 2. The topological polar surface area (TPSA) is 25.8 Å². The van der Waals surface area contributed by atoms with Crippen LogP contribution < -0.4 is 0 Å². The second kappa shape index (κ2) is 9.49. The normalized spacial score (nSPS) is 12.4. The van der Waals surface area contributed by atoms with Crippen molar-refractivity contribution in [3.63, 3.8) is 0 Å². The van der Waals surface area contributed by atoms with Gasteiger partial charge in [0.15, 0.2) is 0 Å². The van der Waals surface area contributed by atoms with Crippen LogP contribution in [0.25, 0.3) is 119 Å². The Bertz CT molecular complexity index is 3470. The van der Waals surface area contributed by atoms with Crippen LogP contribution in [0.4, 0.5) is 0 Å². The summed E-state index contributed by atoms with van der Waals surface area (Å²) in [7, 11) is 0. The molecule has 0 aliphatic carbocycles. The van der Waals surface area contributed by atoms with Crippen LogP contribution >= 0.6 is 0 Å². The molecule has 0 bridgehead atoms. The second-order valence-electron chi connectivity index (χ2n) is 13.7. The highest BCUT2D eigenvalue weighted by molar-refractivity contribution is 6.40. The number of aromatic nitrogens is 2. The molecule has 13 rings (SSSR count). The van der Waals surface area contributed by atoms with Crippen molar-refractivity contribution >= 4 is 119 Å². The molecule has 11 aromatic carbocycles. The van der Waals surface area contributed by atoms with E-state index in [4.69, 9.17) is 9.97 Å². The van der Waals surface area contributed by atoms with Gasteiger partial charge in [-0.05, 0) is 105 Å². The Kier molecular flexibility index (Phi) is 5.00. The first kappa shape index (κ1) is 26.3. The summed E-state index contributed by atoms with van der Waals surface area (Å²) in [6.45, 7) is 0. The molecule has 0 aliphatic rings. The second-order valence-corrected chi connectivity index (χ2v) is 13.7. The average molecular weight is 631 g/mol. The van der Waals surface area contributed by atoms with Crippen molar-refractivity contribution in [2.45, 2.75) is 0 Å². The molecule has 0 amide bonds. The third-order valence-electron chi connectivity index (χ3n) is 11.2. The summed E-state index contributed by atoms with van der Waals surface area (Å²) in [4.78, 5) is 9.56. The Labute approximate surface area is 285 Å². The first-order valence-corrected chi connectivity index (χ1v) is 17.2. The van der Waals surface area contributed by atoms with Gasteiger partial charge in [-0.25, -0.2) is 0 Å². The fraction of sp³-hybridized carbons (Fsp3) is 0. The highest BCUT2D eigenvalue weighted by Gasteiger charge is 2.18. The van der Waals surface area contributed by atoms with Crippen molar-refractivity contribution in [1.82, 2.24) is 9.97 Å². The summed E-state index contributed by atoms with van der Waals surface area (Å²) in [6.07, 6.45) is 3.88. The first-order valence-electron chi connectivity index (χ1n) is 17.2. The highest BCUT2D eigenvalue weighted by atomic mass is 14.7. The molecule has 50 heavy (non-hydrogen) atoms. The van der Waals surface area contributed by atoms with Gasteiger partial charge < -0.3 is 0 Å². The van der Waals surface area contributed by atoms with Gasteiger partial charge >= 0.3 is 0 Å². The van der Waals surface area contributed by atoms with E-state index in [1.165, 1.54) is 108 Å². The monoisotopic (exact) mass is 630 g/mol. The van der Waals surface area contributed by atoms with E-state index in [0.29, 0.717) is 0 Å². The van der Waals surface area contributed by atoms with E-state index >= 15 is 0 Å². The summed E-state index contributed by atoms with van der Waals surface area (Å²) in [5.41, 5.74) is 2.22. The minimum absolute atomic E-state index is 1.11. The number of rotatable bonds is 0. The zero-order valence-corrected chi connectivity index (χ0v) is 26.9. The van der Waals surface area contributed by atoms with Gasteiger partial charge in [-0.15, -0.1) is 0 Å².